The van der Waals surface area contributed by atoms with E-state index in [1.807, 2.05) is 29.5 Å². The van der Waals surface area contributed by atoms with E-state index in [2.05, 4.69) is 20.9 Å². The van der Waals surface area contributed by atoms with Gasteiger partial charge < -0.3 is 10.5 Å². The third-order valence-electron chi connectivity index (χ3n) is 2.57. The summed E-state index contributed by atoms with van der Waals surface area (Å²) in [6, 6.07) is 5.53. The highest BCUT2D eigenvalue weighted by Gasteiger charge is 2.19. The normalized spacial score (nSPS) is 12.7. The molecular formula is C12H14BrN3O2. The zero-order valence-electron chi connectivity index (χ0n) is 10.2. The van der Waals surface area contributed by atoms with Gasteiger partial charge in [-0.3, -0.25) is 4.40 Å². The number of pyridine rings is 1. The highest BCUT2D eigenvalue weighted by atomic mass is 79.9. The molecule has 2 rings (SSSR count). The minimum Gasteiger partial charge on any atom is -0.464 e. The maximum Gasteiger partial charge on any atom is 0.358 e. The van der Waals surface area contributed by atoms with Crippen LogP contribution in [0.25, 0.3) is 5.52 Å². The third-order valence-corrected chi connectivity index (χ3v) is 3.19. The van der Waals surface area contributed by atoms with Crippen LogP contribution in [0.4, 0.5) is 0 Å². The van der Waals surface area contributed by atoms with E-state index in [1.54, 1.807) is 0 Å². The molecule has 2 N–H and O–H groups in total. The summed E-state index contributed by atoms with van der Waals surface area (Å²) in [6.45, 7) is 1.90. The standard InChI is InChI=1S/C12H14BrN3O2/c1-7(14)6-10-15-11(12(17)18-2)8-4-3-5-9(13)16(8)10/h3-5,7H,6,14H2,1-2H3. The molecule has 0 amide bonds. The largest absolute Gasteiger partial charge is 0.464 e. The summed E-state index contributed by atoms with van der Waals surface area (Å²) >= 11 is 3.45. The predicted octanol–water partition coefficient (Wildman–Crippen LogP) is 1.77. The molecule has 18 heavy (non-hydrogen) atoms. The summed E-state index contributed by atoms with van der Waals surface area (Å²) in [4.78, 5) is 16.0. The van der Waals surface area contributed by atoms with Crippen LogP contribution in [0.2, 0.25) is 0 Å². The Morgan fingerprint density at radius 2 is 2.33 bits per heavy atom. The molecule has 0 spiro atoms. The molecule has 2 heterocycles. The molecule has 2 aromatic rings. The number of nitrogens with two attached hydrogens (primary N) is 1. The molecule has 5 nitrogen and oxygen atoms in total. The number of nitrogens with zero attached hydrogens (tertiary/aromatic N) is 2. The summed E-state index contributed by atoms with van der Waals surface area (Å²) in [5.74, 6) is 0.300. The number of ether oxygens (including phenoxy) is 1. The van der Waals surface area contributed by atoms with Crippen molar-refractivity contribution in [1.82, 2.24) is 9.38 Å². The number of hydrogen-bond acceptors (Lipinski definition) is 4. The molecule has 1 unspecified atom stereocenters. The lowest BCUT2D eigenvalue weighted by Gasteiger charge is -2.05. The summed E-state index contributed by atoms with van der Waals surface area (Å²) in [7, 11) is 1.34. The molecule has 0 aliphatic heterocycles. The van der Waals surface area contributed by atoms with E-state index >= 15 is 0 Å². The number of fused-ring (bicyclic) bond motifs is 1. The van der Waals surface area contributed by atoms with Gasteiger partial charge in [-0.2, -0.15) is 0 Å². The molecule has 2 aromatic heterocycles. The molecule has 0 saturated heterocycles. The predicted molar refractivity (Wildman–Crippen MR) is 71.6 cm³/mol. The first kappa shape index (κ1) is 13.0. The molecule has 0 fully saturated rings. The van der Waals surface area contributed by atoms with Gasteiger partial charge in [-0.05, 0) is 35.0 Å². The van der Waals surface area contributed by atoms with Crippen molar-refractivity contribution in [2.24, 2.45) is 5.73 Å². The SMILES string of the molecule is COC(=O)c1nc(CC(C)N)n2c(Br)cccc12. The number of hydrogen-bond donors (Lipinski definition) is 1. The number of rotatable bonds is 3. The monoisotopic (exact) mass is 311 g/mol. The number of halogens is 1. The molecule has 0 radical (unpaired) electrons. The second kappa shape index (κ2) is 5.07. The summed E-state index contributed by atoms with van der Waals surface area (Å²) in [5, 5.41) is 0. The van der Waals surface area contributed by atoms with Crippen molar-refractivity contribution >= 4 is 27.4 Å². The maximum absolute atomic E-state index is 11.7. The van der Waals surface area contributed by atoms with Crippen LogP contribution < -0.4 is 5.73 Å². The lowest BCUT2D eigenvalue weighted by molar-refractivity contribution is 0.0597. The number of aromatic nitrogens is 2. The fraction of sp³-hybridized carbons (Fsp3) is 0.333. The second-order valence-corrected chi connectivity index (χ2v) is 4.93. The second-order valence-electron chi connectivity index (χ2n) is 4.12. The van der Waals surface area contributed by atoms with Crippen LogP contribution in [-0.4, -0.2) is 28.5 Å². The fourth-order valence-corrected chi connectivity index (χ4v) is 2.39. The van der Waals surface area contributed by atoms with E-state index in [9.17, 15) is 4.79 Å². The van der Waals surface area contributed by atoms with Gasteiger partial charge in [0.2, 0.25) is 0 Å². The fourth-order valence-electron chi connectivity index (χ4n) is 1.84. The van der Waals surface area contributed by atoms with Gasteiger partial charge in [-0.1, -0.05) is 6.07 Å². The molecule has 0 aliphatic rings. The van der Waals surface area contributed by atoms with Crippen LogP contribution in [0.1, 0.15) is 23.2 Å². The highest BCUT2D eigenvalue weighted by molar-refractivity contribution is 9.10. The quantitative estimate of drug-likeness (QED) is 0.693. The van der Waals surface area contributed by atoms with Crippen molar-refractivity contribution in [3.05, 3.63) is 34.3 Å². The van der Waals surface area contributed by atoms with Gasteiger partial charge in [0.05, 0.1) is 17.2 Å². The van der Waals surface area contributed by atoms with Gasteiger partial charge in [0.1, 0.15) is 5.82 Å². The highest BCUT2D eigenvalue weighted by Crippen LogP contribution is 2.21. The van der Waals surface area contributed by atoms with Crippen LogP contribution in [-0.2, 0) is 11.2 Å². The zero-order valence-corrected chi connectivity index (χ0v) is 11.8. The Kier molecular flexibility index (Phi) is 3.68. The van der Waals surface area contributed by atoms with Crippen molar-refractivity contribution in [2.75, 3.05) is 7.11 Å². The van der Waals surface area contributed by atoms with E-state index in [1.165, 1.54) is 7.11 Å². The first-order valence-electron chi connectivity index (χ1n) is 5.54. The van der Waals surface area contributed by atoms with Crippen LogP contribution in [0.3, 0.4) is 0 Å². The number of carbonyl (C=O) groups excluding carboxylic acids is 1. The van der Waals surface area contributed by atoms with Gasteiger partial charge in [0.25, 0.3) is 0 Å². The first-order chi connectivity index (χ1) is 8.54. The Balaban J connectivity index is 2.67. The Morgan fingerprint density at radius 3 is 2.94 bits per heavy atom. The van der Waals surface area contributed by atoms with Gasteiger partial charge in [0, 0.05) is 12.5 Å². The maximum atomic E-state index is 11.7. The number of methoxy groups -OCH3 is 1. The Bertz CT molecular complexity index is 592. The number of imidazole rings is 1. The summed E-state index contributed by atoms with van der Waals surface area (Å²) in [5.41, 5.74) is 6.83. The van der Waals surface area contributed by atoms with Crippen molar-refractivity contribution < 1.29 is 9.53 Å². The molecule has 0 aromatic carbocycles. The third kappa shape index (κ3) is 2.26. The summed E-state index contributed by atoms with van der Waals surface area (Å²) < 4.78 is 7.44. The number of esters is 1. The minimum atomic E-state index is -0.443. The van der Waals surface area contributed by atoms with Crippen LogP contribution in [0.5, 0.6) is 0 Å². The van der Waals surface area contributed by atoms with Crippen LogP contribution in [0.15, 0.2) is 22.8 Å². The molecule has 0 saturated carbocycles. The lowest BCUT2D eigenvalue weighted by atomic mass is 10.2. The van der Waals surface area contributed by atoms with Gasteiger partial charge in [0.15, 0.2) is 5.69 Å². The smallest absolute Gasteiger partial charge is 0.358 e. The van der Waals surface area contributed by atoms with Crippen molar-refractivity contribution in [1.29, 1.82) is 0 Å². The van der Waals surface area contributed by atoms with Crippen molar-refractivity contribution in [3.8, 4) is 0 Å². The molecule has 0 bridgehead atoms. The molecule has 96 valence electrons. The van der Waals surface area contributed by atoms with E-state index in [-0.39, 0.29) is 6.04 Å². The molecule has 6 heteroatoms. The van der Waals surface area contributed by atoms with Gasteiger partial charge in [-0.15, -0.1) is 0 Å². The molecule has 1 atom stereocenters. The molecular weight excluding hydrogens is 298 g/mol. The van der Waals surface area contributed by atoms with Gasteiger partial charge in [-0.25, -0.2) is 9.78 Å². The summed E-state index contributed by atoms with van der Waals surface area (Å²) in [6.07, 6.45) is 0.584. The van der Waals surface area contributed by atoms with Crippen LogP contribution in [0, 0.1) is 0 Å². The Labute approximate surface area is 113 Å². The van der Waals surface area contributed by atoms with E-state index in [0.29, 0.717) is 17.6 Å². The van der Waals surface area contributed by atoms with E-state index in [0.717, 1.165) is 10.4 Å². The van der Waals surface area contributed by atoms with Crippen molar-refractivity contribution in [3.63, 3.8) is 0 Å². The van der Waals surface area contributed by atoms with Crippen molar-refractivity contribution in [2.45, 2.75) is 19.4 Å². The molecule has 0 aliphatic carbocycles. The zero-order chi connectivity index (χ0) is 13.3. The Hall–Kier alpha value is -1.40. The van der Waals surface area contributed by atoms with E-state index < -0.39 is 5.97 Å². The number of carbonyl (C=O) groups is 1. The lowest BCUT2D eigenvalue weighted by Crippen LogP contribution is -2.19. The van der Waals surface area contributed by atoms with E-state index in [4.69, 9.17) is 10.5 Å². The topological polar surface area (TPSA) is 69.6 Å². The minimum absolute atomic E-state index is 0.0341. The average Bonchev–Trinajstić information content (AvgIpc) is 2.68. The van der Waals surface area contributed by atoms with Crippen LogP contribution >= 0.6 is 15.9 Å². The van der Waals surface area contributed by atoms with Gasteiger partial charge >= 0.3 is 5.97 Å². The first-order valence-corrected chi connectivity index (χ1v) is 6.33. The average molecular weight is 312 g/mol. The Morgan fingerprint density at radius 1 is 1.61 bits per heavy atom.